The van der Waals surface area contributed by atoms with Crippen LogP contribution in [0.15, 0.2) is 78.1 Å². The molecule has 0 fully saturated rings. The number of halogens is 2. The highest BCUT2D eigenvalue weighted by Gasteiger charge is 2.18. The first-order valence-electron chi connectivity index (χ1n) is 8.92. The number of rotatable bonds is 6. The zero-order chi connectivity index (χ0) is 20.9. The average Bonchev–Trinajstić information content (AvgIpc) is 3.20. The smallest absolute Gasteiger partial charge is 0.234 e. The molecule has 2 heterocycles. The summed E-state index contributed by atoms with van der Waals surface area (Å²) in [5.41, 5.74) is 1.65. The Hall–Kier alpha value is -3.59. The van der Waals surface area contributed by atoms with E-state index in [4.69, 9.17) is 0 Å². The normalized spacial score (nSPS) is 10.7. The van der Waals surface area contributed by atoms with Gasteiger partial charge in [-0.1, -0.05) is 36.0 Å². The predicted molar refractivity (Wildman–Crippen MR) is 110 cm³/mol. The second-order valence-electron chi connectivity index (χ2n) is 6.16. The lowest BCUT2D eigenvalue weighted by atomic mass is 10.3. The Morgan fingerprint density at radius 2 is 1.77 bits per heavy atom. The fourth-order valence-corrected chi connectivity index (χ4v) is 3.49. The molecule has 2 aromatic heterocycles. The number of pyridine rings is 1. The molecule has 1 N–H and O–H groups in total. The van der Waals surface area contributed by atoms with Gasteiger partial charge in [-0.2, -0.15) is 0 Å². The number of para-hydroxylation sites is 1. The lowest BCUT2D eigenvalue weighted by Gasteiger charge is -2.10. The van der Waals surface area contributed by atoms with Gasteiger partial charge in [0.15, 0.2) is 22.6 Å². The van der Waals surface area contributed by atoms with Crippen LogP contribution in [0.3, 0.4) is 0 Å². The lowest BCUT2D eigenvalue weighted by molar-refractivity contribution is -0.113. The molecule has 0 spiro atoms. The van der Waals surface area contributed by atoms with Gasteiger partial charge in [0.1, 0.15) is 5.69 Å². The Balaban J connectivity index is 1.56. The highest BCUT2D eigenvalue weighted by atomic mass is 32.2. The maximum Gasteiger partial charge on any atom is 0.234 e. The van der Waals surface area contributed by atoms with Crippen LogP contribution in [0.1, 0.15) is 0 Å². The predicted octanol–water partition coefficient (Wildman–Crippen LogP) is 4.34. The largest absolute Gasteiger partial charge is 0.325 e. The molecule has 0 saturated heterocycles. The van der Waals surface area contributed by atoms with Crippen molar-refractivity contribution in [1.29, 1.82) is 0 Å². The van der Waals surface area contributed by atoms with Crippen LogP contribution in [-0.4, -0.2) is 31.4 Å². The number of benzene rings is 2. The van der Waals surface area contributed by atoms with E-state index in [1.54, 1.807) is 6.20 Å². The van der Waals surface area contributed by atoms with Gasteiger partial charge in [-0.25, -0.2) is 8.78 Å². The molecule has 0 aliphatic carbocycles. The Kier molecular flexibility index (Phi) is 5.80. The first-order chi connectivity index (χ1) is 14.6. The number of carbonyl (C=O) groups is 1. The van der Waals surface area contributed by atoms with E-state index < -0.39 is 11.6 Å². The SMILES string of the molecule is O=C(CSc1nnc(-c2ccccn2)n1-c1ccccc1)Nc1ccc(F)c(F)c1. The molecule has 0 aliphatic heterocycles. The molecular formula is C21H15F2N5OS. The lowest BCUT2D eigenvalue weighted by Crippen LogP contribution is -2.15. The van der Waals surface area contributed by atoms with E-state index in [1.165, 1.54) is 17.8 Å². The van der Waals surface area contributed by atoms with Crippen molar-refractivity contribution in [3.63, 3.8) is 0 Å². The van der Waals surface area contributed by atoms with Crippen molar-refractivity contribution in [3.05, 3.63) is 84.6 Å². The van der Waals surface area contributed by atoms with Crippen LogP contribution < -0.4 is 5.32 Å². The van der Waals surface area contributed by atoms with Crippen molar-refractivity contribution in [2.24, 2.45) is 0 Å². The van der Waals surface area contributed by atoms with E-state index in [9.17, 15) is 13.6 Å². The van der Waals surface area contributed by atoms with Gasteiger partial charge in [0.05, 0.1) is 5.75 Å². The Morgan fingerprint density at radius 1 is 0.967 bits per heavy atom. The minimum Gasteiger partial charge on any atom is -0.325 e. The monoisotopic (exact) mass is 423 g/mol. The summed E-state index contributed by atoms with van der Waals surface area (Å²) in [6.45, 7) is 0. The third-order valence-electron chi connectivity index (χ3n) is 4.08. The van der Waals surface area contributed by atoms with E-state index in [0.29, 0.717) is 16.7 Å². The van der Waals surface area contributed by atoms with Crippen LogP contribution in [0.5, 0.6) is 0 Å². The summed E-state index contributed by atoms with van der Waals surface area (Å²) in [4.78, 5) is 16.6. The molecule has 4 aromatic rings. The van der Waals surface area contributed by atoms with Gasteiger partial charge < -0.3 is 5.32 Å². The van der Waals surface area contributed by atoms with Crippen LogP contribution in [0.2, 0.25) is 0 Å². The summed E-state index contributed by atoms with van der Waals surface area (Å²) >= 11 is 1.17. The molecule has 9 heteroatoms. The Morgan fingerprint density at radius 3 is 2.50 bits per heavy atom. The number of aromatic nitrogens is 4. The van der Waals surface area contributed by atoms with Gasteiger partial charge in [0.25, 0.3) is 0 Å². The number of carbonyl (C=O) groups excluding carboxylic acids is 1. The standard InChI is InChI=1S/C21H15F2N5OS/c22-16-10-9-14(12-17(16)23)25-19(29)13-30-21-27-26-20(18-8-4-5-11-24-18)28(21)15-6-2-1-3-7-15/h1-12H,13H2,(H,25,29). The first-order valence-corrected chi connectivity index (χ1v) is 9.90. The van der Waals surface area contributed by atoms with Crippen LogP contribution in [0.4, 0.5) is 14.5 Å². The molecular weight excluding hydrogens is 408 g/mol. The van der Waals surface area contributed by atoms with Crippen molar-refractivity contribution in [2.45, 2.75) is 5.16 Å². The minimum absolute atomic E-state index is 0.00613. The van der Waals surface area contributed by atoms with E-state index in [1.807, 2.05) is 53.1 Å². The summed E-state index contributed by atoms with van der Waals surface area (Å²) in [5, 5.41) is 11.5. The number of amides is 1. The summed E-state index contributed by atoms with van der Waals surface area (Å²) < 4.78 is 28.2. The van der Waals surface area contributed by atoms with Crippen molar-refractivity contribution in [2.75, 3.05) is 11.1 Å². The third-order valence-corrected chi connectivity index (χ3v) is 5.01. The maximum absolute atomic E-state index is 13.3. The second-order valence-corrected chi connectivity index (χ2v) is 7.10. The topological polar surface area (TPSA) is 72.7 Å². The number of thioether (sulfide) groups is 1. The zero-order valence-corrected chi connectivity index (χ0v) is 16.3. The van der Waals surface area contributed by atoms with Gasteiger partial charge >= 0.3 is 0 Å². The average molecular weight is 423 g/mol. The molecule has 6 nitrogen and oxygen atoms in total. The Bertz CT molecular complexity index is 1170. The van der Waals surface area contributed by atoms with Gasteiger partial charge in [0, 0.05) is 23.6 Å². The van der Waals surface area contributed by atoms with Gasteiger partial charge in [-0.15, -0.1) is 10.2 Å². The van der Waals surface area contributed by atoms with Crippen molar-refractivity contribution >= 4 is 23.4 Å². The fourth-order valence-electron chi connectivity index (χ4n) is 2.74. The number of hydrogen-bond donors (Lipinski definition) is 1. The van der Waals surface area contributed by atoms with E-state index in [0.717, 1.165) is 17.8 Å². The van der Waals surface area contributed by atoms with Gasteiger partial charge in [-0.05, 0) is 36.4 Å². The molecule has 0 bridgehead atoms. The van der Waals surface area contributed by atoms with Crippen molar-refractivity contribution < 1.29 is 13.6 Å². The molecule has 150 valence electrons. The highest BCUT2D eigenvalue weighted by Crippen LogP contribution is 2.27. The summed E-state index contributed by atoms with van der Waals surface area (Å²) in [6, 6.07) is 18.2. The molecule has 1 amide bonds. The van der Waals surface area contributed by atoms with E-state index in [-0.39, 0.29) is 17.3 Å². The quantitative estimate of drug-likeness (QED) is 0.467. The first kappa shape index (κ1) is 19.7. The van der Waals surface area contributed by atoms with Crippen molar-refractivity contribution in [1.82, 2.24) is 19.7 Å². The molecule has 4 rings (SSSR count). The molecule has 0 unspecified atom stereocenters. The molecule has 0 saturated carbocycles. The molecule has 0 radical (unpaired) electrons. The van der Waals surface area contributed by atoms with Crippen molar-refractivity contribution in [3.8, 4) is 17.2 Å². The number of hydrogen-bond acceptors (Lipinski definition) is 5. The Labute approximate surface area is 175 Å². The molecule has 0 atom stereocenters. The van der Waals surface area contributed by atoms with Gasteiger partial charge in [-0.3, -0.25) is 14.3 Å². The van der Waals surface area contributed by atoms with E-state index in [2.05, 4.69) is 20.5 Å². The summed E-state index contributed by atoms with van der Waals surface area (Å²) in [6.07, 6.45) is 1.67. The summed E-state index contributed by atoms with van der Waals surface area (Å²) in [5.74, 6) is -1.82. The van der Waals surface area contributed by atoms with Crippen LogP contribution in [-0.2, 0) is 4.79 Å². The molecule has 30 heavy (non-hydrogen) atoms. The number of nitrogens with zero attached hydrogens (tertiary/aromatic N) is 4. The minimum atomic E-state index is -1.02. The fraction of sp³-hybridized carbons (Fsp3) is 0.0476. The van der Waals surface area contributed by atoms with E-state index >= 15 is 0 Å². The third kappa shape index (κ3) is 4.36. The summed E-state index contributed by atoms with van der Waals surface area (Å²) in [7, 11) is 0. The molecule has 2 aromatic carbocycles. The zero-order valence-electron chi connectivity index (χ0n) is 15.5. The van der Waals surface area contributed by atoms with Crippen LogP contribution in [0.25, 0.3) is 17.2 Å². The van der Waals surface area contributed by atoms with Gasteiger partial charge in [0.2, 0.25) is 5.91 Å². The van der Waals surface area contributed by atoms with Crippen LogP contribution >= 0.6 is 11.8 Å². The number of anilines is 1. The highest BCUT2D eigenvalue weighted by molar-refractivity contribution is 7.99. The van der Waals surface area contributed by atoms with Crippen LogP contribution in [0, 0.1) is 11.6 Å². The maximum atomic E-state index is 13.3. The second kappa shape index (κ2) is 8.83. The number of nitrogens with one attached hydrogen (secondary N) is 1. The molecule has 0 aliphatic rings.